The van der Waals surface area contributed by atoms with Crippen molar-refractivity contribution in [2.75, 3.05) is 13.1 Å². The quantitative estimate of drug-likeness (QED) is 0.897. The molecular formula is C17H19N3O. The molecule has 1 aromatic carbocycles. The van der Waals surface area contributed by atoms with Crippen LogP contribution in [0.2, 0.25) is 0 Å². The van der Waals surface area contributed by atoms with Gasteiger partial charge in [-0.15, -0.1) is 0 Å². The van der Waals surface area contributed by atoms with E-state index < -0.39 is 0 Å². The van der Waals surface area contributed by atoms with Gasteiger partial charge in [0, 0.05) is 31.0 Å². The van der Waals surface area contributed by atoms with Crippen molar-refractivity contribution < 1.29 is 4.79 Å². The standard InChI is InChI=1S/C17H19N3O/c21-17(20-9-5-13-2-1-7-18-11-13)15-4-3-14-6-8-19-12-16(14)10-15/h1-4,7,10-11,19H,5-6,8-9,12H2,(H,20,21). The lowest BCUT2D eigenvalue weighted by Crippen LogP contribution is -2.27. The molecule has 2 N–H and O–H groups in total. The number of hydrogen-bond donors (Lipinski definition) is 2. The molecule has 21 heavy (non-hydrogen) atoms. The first kappa shape index (κ1) is 13.8. The van der Waals surface area contributed by atoms with E-state index in [0.717, 1.165) is 37.1 Å². The van der Waals surface area contributed by atoms with Crippen molar-refractivity contribution in [1.29, 1.82) is 0 Å². The summed E-state index contributed by atoms with van der Waals surface area (Å²) in [7, 11) is 0. The van der Waals surface area contributed by atoms with E-state index >= 15 is 0 Å². The molecule has 3 rings (SSSR count). The molecule has 1 amide bonds. The van der Waals surface area contributed by atoms with Gasteiger partial charge in [0.05, 0.1) is 0 Å². The Morgan fingerprint density at radius 1 is 1.29 bits per heavy atom. The summed E-state index contributed by atoms with van der Waals surface area (Å²) >= 11 is 0. The van der Waals surface area contributed by atoms with E-state index in [9.17, 15) is 4.79 Å². The van der Waals surface area contributed by atoms with Gasteiger partial charge in [0.2, 0.25) is 0 Å². The van der Waals surface area contributed by atoms with Gasteiger partial charge in [-0.25, -0.2) is 0 Å². The lowest BCUT2D eigenvalue weighted by Gasteiger charge is -2.17. The van der Waals surface area contributed by atoms with Gasteiger partial charge in [0.15, 0.2) is 0 Å². The average molecular weight is 281 g/mol. The lowest BCUT2D eigenvalue weighted by atomic mass is 9.98. The predicted octanol–water partition coefficient (Wildman–Crippen LogP) is 1.70. The van der Waals surface area contributed by atoms with E-state index in [4.69, 9.17) is 0 Å². The molecule has 108 valence electrons. The van der Waals surface area contributed by atoms with E-state index in [-0.39, 0.29) is 5.91 Å². The van der Waals surface area contributed by atoms with Crippen molar-refractivity contribution >= 4 is 5.91 Å². The number of carbonyl (C=O) groups is 1. The molecule has 2 aromatic rings. The lowest BCUT2D eigenvalue weighted by molar-refractivity contribution is 0.0954. The molecule has 0 saturated heterocycles. The van der Waals surface area contributed by atoms with Crippen molar-refractivity contribution in [2.45, 2.75) is 19.4 Å². The van der Waals surface area contributed by atoms with E-state index in [0.29, 0.717) is 6.54 Å². The maximum Gasteiger partial charge on any atom is 0.251 e. The number of pyridine rings is 1. The Morgan fingerprint density at radius 3 is 3.10 bits per heavy atom. The Morgan fingerprint density at radius 2 is 2.24 bits per heavy atom. The minimum Gasteiger partial charge on any atom is -0.352 e. The third-order valence-corrected chi connectivity index (χ3v) is 3.78. The van der Waals surface area contributed by atoms with Crippen molar-refractivity contribution in [3.8, 4) is 0 Å². The summed E-state index contributed by atoms with van der Waals surface area (Å²) < 4.78 is 0. The molecule has 0 radical (unpaired) electrons. The zero-order chi connectivity index (χ0) is 14.5. The summed E-state index contributed by atoms with van der Waals surface area (Å²) in [5.74, 6) is -0.00716. The fourth-order valence-electron chi connectivity index (χ4n) is 2.59. The number of amides is 1. The highest BCUT2D eigenvalue weighted by Crippen LogP contribution is 2.15. The highest BCUT2D eigenvalue weighted by atomic mass is 16.1. The van der Waals surface area contributed by atoms with Crippen LogP contribution in [0, 0.1) is 0 Å². The minimum absolute atomic E-state index is 0.00716. The molecular weight excluding hydrogens is 262 g/mol. The van der Waals surface area contributed by atoms with Crippen molar-refractivity contribution in [2.24, 2.45) is 0 Å². The van der Waals surface area contributed by atoms with Crippen LogP contribution in [0.3, 0.4) is 0 Å². The predicted molar refractivity (Wildman–Crippen MR) is 82.1 cm³/mol. The molecule has 1 aromatic heterocycles. The fourth-order valence-corrected chi connectivity index (χ4v) is 2.59. The van der Waals surface area contributed by atoms with Crippen molar-refractivity contribution in [3.63, 3.8) is 0 Å². The van der Waals surface area contributed by atoms with Crippen LogP contribution in [-0.4, -0.2) is 24.0 Å². The molecule has 1 aliphatic heterocycles. The van der Waals surface area contributed by atoms with Crippen LogP contribution < -0.4 is 10.6 Å². The van der Waals surface area contributed by atoms with Crippen LogP contribution in [0.25, 0.3) is 0 Å². The second-order valence-corrected chi connectivity index (χ2v) is 5.28. The summed E-state index contributed by atoms with van der Waals surface area (Å²) in [5.41, 5.74) is 4.46. The van der Waals surface area contributed by atoms with Gasteiger partial charge in [-0.1, -0.05) is 12.1 Å². The first-order chi connectivity index (χ1) is 10.3. The van der Waals surface area contributed by atoms with Crippen LogP contribution in [0.4, 0.5) is 0 Å². The largest absolute Gasteiger partial charge is 0.352 e. The van der Waals surface area contributed by atoms with E-state index in [2.05, 4.69) is 21.7 Å². The van der Waals surface area contributed by atoms with Crippen LogP contribution in [-0.2, 0) is 19.4 Å². The van der Waals surface area contributed by atoms with Crippen molar-refractivity contribution in [1.82, 2.24) is 15.6 Å². The number of nitrogens with zero attached hydrogens (tertiary/aromatic N) is 1. The van der Waals surface area contributed by atoms with E-state index in [1.54, 1.807) is 6.20 Å². The smallest absolute Gasteiger partial charge is 0.251 e. The van der Waals surface area contributed by atoms with Gasteiger partial charge in [0.25, 0.3) is 5.91 Å². The van der Waals surface area contributed by atoms with E-state index in [1.807, 2.05) is 30.5 Å². The number of fused-ring (bicyclic) bond motifs is 1. The Kier molecular flexibility index (Phi) is 4.26. The van der Waals surface area contributed by atoms with Gasteiger partial charge < -0.3 is 10.6 Å². The molecule has 4 nitrogen and oxygen atoms in total. The zero-order valence-corrected chi connectivity index (χ0v) is 11.9. The number of benzene rings is 1. The Bertz CT molecular complexity index is 625. The first-order valence-electron chi connectivity index (χ1n) is 7.32. The molecule has 0 spiro atoms. The molecule has 1 aliphatic rings. The summed E-state index contributed by atoms with van der Waals surface area (Å²) in [6.45, 7) is 2.50. The highest BCUT2D eigenvalue weighted by Gasteiger charge is 2.12. The SMILES string of the molecule is O=C(NCCc1cccnc1)c1ccc2c(c1)CNCC2. The molecule has 0 saturated carbocycles. The van der Waals surface area contributed by atoms with E-state index in [1.165, 1.54) is 11.1 Å². The molecule has 0 aliphatic carbocycles. The Balaban J connectivity index is 1.58. The minimum atomic E-state index is -0.00716. The van der Waals surface area contributed by atoms with Crippen LogP contribution >= 0.6 is 0 Å². The first-order valence-corrected chi connectivity index (χ1v) is 7.32. The second kappa shape index (κ2) is 6.50. The third-order valence-electron chi connectivity index (χ3n) is 3.78. The topological polar surface area (TPSA) is 54.0 Å². The number of carbonyl (C=O) groups excluding carboxylic acids is 1. The Hall–Kier alpha value is -2.20. The fraction of sp³-hybridized carbons (Fsp3) is 0.294. The maximum absolute atomic E-state index is 12.2. The van der Waals surface area contributed by atoms with Gasteiger partial charge in [-0.3, -0.25) is 9.78 Å². The zero-order valence-electron chi connectivity index (χ0n) is 11.9. The van der Waals surface area contributed by atoms with Gasteiger partial charge in [-0.05, 0) is 54.3 Å². The van der Waals surface area contributed by atoms with Gasteiger partial charge >= 0.3 is 0 Å². The van der Waals surface area contributed by atoms with Crippen molar-refractivity contribution in [3.05, 3.63) is 65.0 Å². The highest BCUT2D eigenvalue weighted by molar-refractivity contribution is 5.94. The molecule has 0 atom stereocenters. The van der Waals surface area contributed by atoms with Crippen LogP contribution in [0.5, 0.6) is 0 Å². The molecule has 0 bridgehead atoms. The number of rotatable bonds is 4. The Labute approximate surface area is 124 Å². The van der Waals surface area contributed by atoms with Gasteiger partial charge in [-0.2, -0.15) is 0 Å². The number of nitrogens with one attached hydrogen (secondary N) is 2. The van der Waals surface area contributed by atoms with Crippen LogP contribution in [0.1, 0.15) is 27.0 Å². The summed E-state index contributed by atoms with van der Waals surface area (Å²) in [6, 6.07) is 9.92. The molecule has 0 fully saturated rings. The summed E-state index contributed by atoms with van der Waals surface area (Å²) in [5, 5.41) is 6.30. The average Bonchev–Trinajstić information content (AvgIpc) is 2.55. The molecule has 2 heterocycles. The summed E-state index contributed by atoms with van der Waals surface area (Å²) in [6.07, 6.45) is 5.42. The third kappa shape index (κ3) is 3.47. The van der Waals surface area contributed by atoms with Crippen LogP contribution in [0.15, 0.2) is 42.7 Å². The monoisotopic (exact) mass is 281 g/mol. The molecule has 0 unspecified atom stereocenters. The normalized spacial score (nSPS) is 13.5. The number of aromatic nitrogens is 1. The summed E-state index contributed by atoms with van der Waals surface area (Å²) in [4.78, 5) is 16.2. The maximum atomic E-state index is 12.2. The second-order valence-electron chi connectivity index (χ2n) is 5.28. The molecule has 4 heteroatoms. The number of hydrogen-bond acceptors (Lipinski definition) is 3. The van der Waals surface area contributed by atoms with Gasteiger partial charge in [0.1, 0.15) is 0 Å².